The fourth-order valence-electron chi connectivity index (χ4n) is 2.11. The summed E-state index contributed by atoms with van der Waals surface area (Å²) in [6, 6.07) is 7.37. The molecule has 1 amide bonds. The molecule has 0 saturated heterocycles. The molecule has 0 radical (unpaired) electrons. The van der Waals surface area contributed by atoms with Crippen LogP contribution in [0.3, 0.4) is 0 Å². The second-order valence-electron chi connectivity index (χ2n) is 4.91. The Morgan fingerprint density at radius 1 is 1.05 bits per heavy atom. The predicted octanol–water partition coefficient (Wildman–Crippen LogP) is 1.31. The quantitative estimate of drug-likeness (QED) is 0.691. The summed E-state index contributed by atoms with van der Waals surface area (Å²) in [5.41, 5.74) is 19.1. The van der Waals surface area contributed by atoms with Gasteiger partial charge in [0.05, 0.1) is 0 Å². The van der Waals surface area contributed by atoms with Crippen LogP contribution < -0.4 is 17.2 Å². The highest BCUT2D eigenvalue weighted by atomic mass is 16.1. The highest BCUT2D eigenvalue weighted by Gasteiger charge is 2.03. The van der Waals surface area contributed by atoms with E-state index in [1.807, 2.05) is 12.1 Å². The van der Waals surface area contributed by atoms with E-state index in [0.717, 1.165) is 31.2 Å². The molecule has 0 aliphatic heterocycles. The van der Waals surface area contributed by atoms with Crippen LogP contribution in [0.1, 0.15) is 34.3 Å². The molecular weight excluding hydrogens is 266 g/mol. The molecule has 1 heterocycles. The van der Waals surface area contributed by atoms with Crippen LogP contribution in [0.25, 0.3) is 0 Å². The number of benzene rings is 1. The summed E-state index contributed by atoms with van der Waals surface area (Å²) in [6.07, 6.45) is 5.44. The summed E-state index contributed by atoms with van der Waals surface area (Å²) in [7, 11) is 0. The standard InChI is InChI=1S/C15H19N5O/c16-13-12(9-19-15(18)20-13)4-2-1-3-10-5-7-11(8-6-10)14(17)21/h5-9H,1-4H2,(H2,17,21)(H4,16,18,19,20). The molecule has 0 saturated carbocycles. The number of carbonyl (C=O) groups is 1. The van der Waals surface area contributed by atoms with Gasteiger partial charge >= 0.3 is 0 Å². The zero-order chi connectivity index (χ0) is 15.2. The van der Waals surface area contributed by atoms with Crippen LogP contribution in [0.2, 0.25) is 0 Å². The Balaban J connectivity index is 1.80. The molecule has 0 atom stereocenters. The number of aromatic nitrogens is 2. The number of nitrogen functional groups attached to an aromatic ring is 2. The minimum absolute atomic E-state index is 0.200. The van der Waals surface area contributed by atoms with Crippen LogP contribution in [0, 0.1) is 0 Å². The maximum atomic E-state index is 11.0. The summed E-state index contributed by atoms with van der Waals surface area (Å²) < 4.78 is 0. The fourth-order valence-corrected chi connectivity index (χ4v) is 2.11. The maximum absolute atomic E-state index is 11.0. The Hall–Kier alpha value is -2.63. The molecule has 0 aliphatic rings. The number of nitrogens with two attached hydrogens (primary N) is 3. The van der Waals surface area contributed by atoms with Gasteiger partial charge in [0.2, 0.25) is 11.9 Å². The third-order valence-corrected chi connectivity index (χ3v) is 3.32. The lowest BCUT2D eigenvalue weighted by Crippen LogP contribution is -2.10. The molecule has 2 rings (SSSR count). The third-order valence-electron chi connectivity index (χ3n) is 3.32. The van der Waals surface area contributed by atoms with Crippen LogP contribution in [0.5, 0.6) is 0 Å². The molecule has 6 nitrogen and oxygen atoms in total. The summed E-state index contributed by atoms with van der Waals surface area (Å²) >= 11 is 0. The molecule has 0 aliphatic carbocycles. The van der Waals surface area contributed by atoms with Crippen LogP contribution in [-0.2, 0) is 12.8 Å². The summed E-state index contributed by atoms with van der Waals surface area (Å²) in [6.45, 7) is 0. The lowest BCUT2D eigenvalue weighted by Gasteiger charge is -2.05. The van der Waals surface area contributed by atoms with Crippen molar-refractivity contribution >= 4 is 17.7 Å². The van der Waals surface area contributed by atoms with Gasteiger partial charge in [-0.05, 0) is 43.4 Å². The van der Waals surface area contributed by atoms with Crippen molar-refractivity contribution < 1.29 is 4.79 Å². The van der Waals surface area contributed by atoms with E-state index in [-0.39, 0.29) is 5.95 Å². The monoisotopic (exact) mass is 285 g/mol. The van der Waals surface area contributed by atoms with Crippen LogP contribution >= 0.6 is 0 Å². The van der Waals surface area contributed by atoms with Crippen molar-refractivity contribution in [3.05, 3.63) is 47.2 Å². The van der Waals surface area contributed by atoms with E-state index >= 15 is 0 Å². The molecule has 0 bridgehead atoms. The van der Waals surface area contributed by atoms with Gasteiger partial charge in [0.25, 0.3) is 0 Å². The van der Waals surface area contributed by atoms with E-state index in [2.05, 4.69) is 9.97 Å². The molecule has 1 aromatic carbocycles. The molecule has 6 N–H and O–H groups in total. The van der Waals surface area contributed by atoms with E-state index in [9.17, 15) is 4.79 Å². The highest BCUT2D eigenvalue weighted by Crippen LogP contribution is 2.14. The molecule has 0 spiro atoms. The Morgan fingerprint density at radius 3 is 2.33 bits per heavy atom. The van der Waals surface area contributed by atoms with Crippen molar-refractivity contribution in [3.63, 3.8) is 0 Å². The lowest BCUT2D eigenvalue weighted by molar-refractivity contribution is 0.100. The smallest absolute Gasteiger partial charge is 0.248 e. The van der Waals surface area contributed by atoms with Gasteiger partial charge in [-0.3, -0.25) is 4.79 Å². The van der Waals surface area contributed by atoms with E-state index in [0.29, 0.717) is 11.4 Å². The minimum Gasteiger partial charge on any atom is -0.383 e. The largest absolute Gasteiger partial charge is 0.383 e. The highest BCUT2D eigenvalue weighted by molar-refractivity contribution is 5.92. The second-order valence-corrected chi connectivity index (χ2v) is 4.91. The van der Waals surface area contributed by atoms with Gasteiger partial charge in [-0.2, -0.15) is 4.98 Å². The molecule has 0 unspecified atom stereocenters. The Morgan fingerprint density at radius 2 is 1.71 bits per heavy atom. The van der Waals surface area contributed by atoms with E-state index in [1.54, 1.807) is 18.3 Å². The zero-order valence-corrected chi connectivity index (χ0v) is 11.7. The van der Waals surface area contributed by atoms with Crippen molar-refractivity contribution in [1.29, 1.82) is 0 Å². The molecule has 21 heavy (non-hydrogen) atoms. The first-order valence-corrected chi connectivity index (χ1v) is 6.82. The first kappa shape index (κ1) is 14.8. The number of hydrogen-bond donors (Lipinski definition) is 3. The first-order chi connectivity index (χ1) is 10.1. The fraction of sp³-hybridized carbons (Fsp3) is 0.267. The third kappa shape index (κ3) is 4.17. The van der Waals surface area contributed by atoms with Crippen molar-refractivity contribution in [2.75, 3.05) is 11.5 Å². The van der Waals surface area contributed by atoms with Crippen molar-refractivity contribution in [2.45, 2.75) is 25.7 Å². The number of carbonyl (C=O) groups excluding carboxylic acids is 1. The number of anilines is 2. The number of unbranched alkanes of at least 4 members (excludes halogenated alkanes) is 1. The molecule has 1 aromatic heterocycles. The van der Waals surface area contributed by atoms with Gasteiger partial charge in [0, 0.05) is 17.3 Å². The van der Waals surface area contributed by atoms with Crippen LogP contribution in [-0.4, -0.2) is 15.9 Å². The normalized spacial score (nSPS) is 10.5. The topological polar surface area (TPSA) is 121 Å². The summed E-state index contributed by atoms with van der Waals surface area (Å²) in [5.74, 6) is 0.250. The van der Waals surface area contributed by atoms with Gasteiger partial charge in [-0.1, -0.05) is 12.1 Å². The van der Waals surface area contributed by atoms with E-state index in [4.69, 9.17) is 17.2 Å². The van der Waals surface area contributed by atoms with Gasteiger partial charge < -0.3 is 17.2 Å². The summed E-state index contributed by atoms with van der Waals surface area (Å²) in [5, 5.41) is 0. The van der Waals surface area contributed by atoms with Crippen LogP contribution in [0.15, 0.2) is 30.5 Å². The number of primary amides is 1. The van der Waals surface area contributed by atoms with Gasteiger partial charge in [-0.25, -0.2) is 4.98 Å². The molecule has 110 valence electrons. The minimum atomic E-state index is -0.402. The zero-order valence-electron chi connectivity index (χ0n) is 11.7. The molecule has 0 fully saturated rings. The SMILES string of the molecule is NC(=O)c1ccc(CCCCc2cnc(N)nc2N)cc1. The maximum Gasteiger partial charge on any atom is 0.248 e. The van der Waals surface area contributed by atoms with Crippen molar-refractivity contribution in [3.8, 4) is 0 Å². The first-order valence-electron chi connectivity index (χ1n) is 6.82. The molecular formula is C15H19N5O. The molecule has 2 aromatic rings. The van der Waals surface area contributed by atoms with Crippen molar-refractivity contribution in [2.24, 2.45) is 5.73 Å². The number of nitrogens with zero attached hydrogens (tertiary/aromatic N) is 2. The molecule has 6 heteroatoms. The average Bonchev–Trinajstić information content (AvgIpc) is 2.46. The van der Waals surface area contributed by atoms with Gasteiger partial charge in [-0.15, -0.1) is 0 Å². The number of hydrogen-bond acceptors (Lipinski definition) is 5. The van der Waals surface area contributed by atoms with Crippen LogP contribution in [0.4, 0.5) is 11.8 Å². The van der Waals surface area contributed by atoms with E-state index in [1.165, 1.54) is 5.56 Å². The number of rotatable bonds is 6. The Bertz CT molecular complexity index is 624. The number of aryl methyl sites for hydroxylation is 2. The second kappa shape index (κ2) is 6.69. The predicted molar refractivity (Wildman–Crippen MR) is 82.5 cm³/mol. The van der Waals surface area contributed by atoms with Gasteiger partial charge in [0.1, 0.15) is 5.82 Å². The summed E-state index contributed by atoms with van der Waals surface area (Å²) in [4.78, 5) is 18.9. The van der Waals surface area contributed by atoms with Gasteiger partial charge in [0.15, 0.2) is 0 Å². The van der Waals surface area contributed by atoms with E-state index < -0.39 is 5.91 Å². The lowest BCUT2D eigenvalue weighted by atomic mass is 10.0. The Kier molecular flexibility index (Phi) is 4.71. The Labute approximate surface area is 123 Å². The average molecular weight is 285 g/mol. The number of amides is 1. The van der Waals surface area contributed by atoms with Crippen molar-refractivity contribution in [1.82, 2.24) is 9.97 Å².